The lowest BCUT2D eigenvalue weighted by Crippen LogP contribution is -2.07. The largest absolute Gasteiger partial charge is 0.398 e. The minimum atomic E-state index is 0.857. The van der Waals surface area contributed by atoms with Gasteiger partial charge in [0.25, 0.3) is 0 Å². The number of anilines is 2. The molecule has 0 atom stereocenters. The van der Waals surface area contributed by atoms with Gasteiger partial charge < -0.3 is 11.5 Å². The summed E-state index contributed by atoms with van der Waals surface area (Å²) in [6.07, 6.45) is 0. The SMILES string of the molecule is CC(=Nc1c(C)c(C)c(N)c(C)c1C)C(C)=Nc1c(C)c(C)c(N)c(C)c1C. The van der Waals surface area contributed by atoms with E-state index in [2.05, 4.69) is 55.4 Å². The van der Waals surface area contributed by atoms with E-state index in [1.807, 2.05) is 13.8 Å². The lowest BCUT2D eigenvalue weighted by Gasteiger charge is -2.17. The van der Waals surface area contributed by atoms with Crippen LogP contribution in [0.3, 0.4) is 0 Å². The van der Waals surface area contributed by atoms with E-state index >= 15 is 0 Å². The lowest BCUT2D eigenvalue weighted by molar-refractivity contribution is 1.22. The van der Waals surface area contributed by atoms with Crippen LogP contribution in [0.4, 0.5) is 22.7 Å². The summed E-state index contributed by atoms with van der Waals surface area (Å²) in [4.78, 5) is 9.89. The first-order valence-electron chi connectivity index (χ1n) is 9.72. The van der Waals surface area contributed by atoms with Gasteiger partial charge in [-0.15, -0.1) is 0 Å². The van der Waals surface area contributed by atoms with Crippen LogP contribution in [0.2, 0.25) is 0 Å². The smallest absolute Gasteiger partial charge is 0.0698 e. The highest BCUT2D eigenvalue weighted by Gasteiger charge is 2.15. The Balaban J connectivity index is 2.63. The van der Waals surface area contributed by atoms with Gasteiger partial charge in [-0.1, -0.05) is 0 Å². The van der Waals surface area contributed by atoms with E-state index in [4.69, 9.17) is 21.5 Å². The summed E-state index contributed by atoms with van der Waals surface area (Å²) in [5, 5.41) is 0. The summed E-state index contributed by atoms with van der Waals surface area (Å²) in [7, 11) is 0. The Kier molecular flexibility index (Phi) is 6.03. The molecule has 4 N–H and O–H groups in total. The molecule has 0 saturated carbocycles. The predicted molar refractivity (Wildman–Crippen MR) is 125 cm³/mol. The summed E-state index contributed by atoms with van der Waals surface area (Å²) in [6.45, 7) is 20.6. The van der Waals surface area contributed by atoms with Crippen LogP contribution < -0.4 is 11.5 Å². The van der Waals surface area contributed by atoms with Crippen molar-refractivity contribution in [2.45, 2.75) is 69.2 Å². The topological polar surface area (TPSA) is 76.8 Å². The van der Waals surface area contributed by atoms with Crippen LogP contribution in [-0.4, -0.2) is 11.4 Å². The molecular weight excluding hydrogens is 344 g/mol. The van der Waals surface area contributed by atoms with Crippen molar-refractivity contribution in [3.8, 4) is 0 Å². The molecule has 4 heteroatoms. The van der Waals surface area contributed by atoms with E-state index in [0.29, 0.717) is 0 Å². The zero-order valence-electron chi connectivity index (χ0n) is 19.0. The first-order valence-corrected chi connectivity index (χ1v) is 9.72. The van der Waals surface area contributed by atoms with Gasteiger partial charge in [0.2, 0.25) is 0 Å². The molecule has 0 aliphatic carbocycles. The van der Waals surface area contributed by atoms with Gasteiger partial charge in [-0.3, -0.25) is 9.98 Å². The molecule has 0 unspecified atom stereocenters. The second kappa shape index (κ2) is 7.78. The van der Waals surface area contributed by atoms with E-state index < -0.39 is 0 Å². The molecule has 2 rings (SSSR count). The molecule has 4 nitrogen and oxygen atoms in total. The maximum atomic E-state index is 6.24. The van der Waals surface area contributed by atoms with Crippen LogP contribution in [0.25, 0.3) is 0 Å². The van der Waals surface area contributed by atoms with E-state index in [1.165, 1.54) is 0 Å². The average molecular weight is 379 g/mol. The quantitative estimate of drug-likeness (QED) is 0.492. The number of nitrogens with two attached hydrogens (primary N) is 2. The van der Waals surface area contributed by atoms with Crippen molar-refractivity contribution in [1.29, 1.82) is 0 Å². The normalized spacial score (nSPS) is 12.6. The molecule has 0 aromatic heterocycles. The molecule has 0 saturated heterocycles. The zero-order chi connectivity index (χ0) is 21.5. The summed E-state index contributed by atoms with van der Waals surface area (Å²) < 4.78 is 0. The maximum absolute atomic E-state index is 6.24. The number of nitrogen functional groups attached to an aromatic ring is 2. The summed E-state index contributed by atoms with van der Waals surface area (Å²) in [6, 6.07) is 0. The van der Waals surface area contributed by atoms with Gasteiger partial charge in [-0.25, -0.2) is 0 Å². The van der Waals surface area contributed by atoms with E-state index in [9.17, 15) is 0 Å². The number of hydrogen-bond acceptors (Lipinski definition) is 4. The van der Waals surface area contributed by atoms with Crippen LogP contribution >= 0.6 is 0 Å². The number of hydrogen-bond donors (Lipinski definition) is 2. The van der Waals surface area contributed by atoms with Gasteiger partial charge in [0.1, 0.15) is 0 Å². The molecular formula is C24H34N4. The molecule has 0 fully saturated rings. The highest BCUT2D eigenvalue weighted by molar-refractivity contribution is 6.41. The molecule has 2 aromatic carbocycles. The third-order valence-corrected chi connectivity index (χ3v) is 6.37. The van der Waals surface area contributed by atoms with Crippen LogP contribution in [0.1, 0.15) is 58.4 Å². The monoisotopic (exact) mass is 378 g/mol. The Morgan fingerprint density at radius 1 is 0.464 bits per heavy atom. The molecule has 0 aliphatic heterocycles. The van der Waals surface area contributed by atoms with E-state index in [1.54, 1.807) is 0 Å². The Hall–Kier alpha value is -2.62. The number of aliphatic imine (C=N–C) groups is 2. The molecule has 150 valence electrons. The lowest BCUT2D eigenvalue weighted by atomic mass is 9.96. The van der Waals surface area contributed by atoms with Crippen molar-refractivity contribution in [1.82, 2.24) is 0 Å². The maximum Gasteiger partial charge on any atom is 0.0698 e. The Morgan fingerprint density at radius 2 is 0.679 bits per heavy atom. The van der Waals surface area contributed by atoms with Crippen molar-refractivity contribution >= 4 is 34.2 Å². The second-order valence-corrected chi connectivity index (χ2v) is 7.92. The van der Waals surface area contributed by atoms with Crippen molar-refractivity contribution in [3.63, 3.8) is 0 Å². The van der Waals surface area contributed by atoms with Crippen molar-refractivity contribution < 1.29 is 0 Å². The number of nitrogens with zero attached hydrogens (tertiary/aromatic N) is 2. The number of rotatable bonds is 3. The molecule has 0 amide bonds. The minimum Gasteiger partial charge on any atom is -0.398 e. The predicted octanol–water partition coefficient (Wildman–Crippen LogP) is 6.20. The highest BCUT2D eigenvalue weighted by Crippen LogP contribution is 2.36. The van der Waals surface area contributed by atoms with Gasteiger partial charge in [-0.2, -0.15) is 0 Å². The van der Waals surface area contributed by atoms with E-state index in [0.717, 1.165) is 78.7 Å². The van der Waals surface area contributed by atoms with Crippen molar-refractivity contribution in [2.75, 3.05) is 11.5 Å². The van der Waals surface area contributed by atoms with Crippen molar-refractivity contribution in [3.05, 3.63) is 44.5 Å². The van der Waals surface area contributed by atoms with Gasteiger partial charge in [0.05, 0.1) is 22.8 Å². The second-order valence-electron chi connectivity index (χ2n) is 7.92. The molecule has 28 heavy (non-hydrogen) atoms. The molecule has 2 aromatic rings. The number of benzene rings is 2. The first kappa shape index (κ1) is 21.7. The van der Waals surface area contributed by atoms with Crippen molar-refractivity contribution in [2.24, 2.45) is 9.98 Å². The fraction of sp³-hybridized carbons (Fsp3) is 0.417. The third-order valence-electron chi connectivity index (χ3n) is 6.37. The summed E-state index contributed by atoms with van der Waals surface area (Å²) in [5.41, 5.74) is 26.9. The van der Waals surface area contributed by atoms with Crippen LogP contribution in [0.5, 0.6) is 0 Å². The highest BCUT2D eigenvalue weighted by atomic mass is 14.8. The van der Waals surface area contributed by atoms with E-state index in [-0.39, 0.29) is 0 Å². The Bertz CT molecular complexity index is 882. The average Bonchev–Trinajstić information content (AvgIpc) is 2.67. The van der Waals surface area contributed by atoms with Crippen LogP contribution in [0.15, 0.2) is 9.98 Å². The standard InChI is InChI=1S/C24H34N4/c1-11-15(5)23(16(6)12(2)21(11)25)27-19(9)20(10)28-24-17(7)13(3)22(26)14(4)18(24)8/h25-26H2,1-10H3. The van der Waals surface area contributed by atoms with Gasteiger partial charge in [0.15, 0.2) is 0 Å². The minimum absolute atomic E-state index is 0.857. The molecule has 0 aliphatic rings. The molecule has 0 radical (unpaired) electrons. The van der Waals surface area contributed by atoms with Gasteiger partial charge in [-0.05, 0) is 114 Å². The van der Waals surface area contributed by atoms with Gasteiger partial charge >= 0.3 is 0 Å². The third kappa shape index (κ3) is 3.56. The first-order chi connectivity index (χ1) is 12.9. The molecule has 0 heterocycles. The summed E-state index contributed by atoms with van der Waals surface area (Å²) in [5.74, 6) is 0. The summed E-state index contributed by atoms with van der Waals surface area (Å²) >= 11 is 0. The Morgan fingerprint density at radius 3 is 0.893 bits per heavy atom. The van der Waals surface area contributed by atoms with Gasteiger partial charge in [0, 0.05) is 11.4 Å². The molecule has 0 spiro atoms. The van der Waals surface area contributed by atoms with Crippen LogP contribution in [0, 0.1) is 55.4 Å². The van der Waals surface area contributed by atoms with Crippen LogP contribution in [-0.2, 0) is 0 Å². The fourth-order valence-corrected chi connectivity index (χ4v) is 3.48. The fourth-order valence-electron chi connectivity index (χ4n) is 3.48. The molecule has 0 bridgehead atoms. The Labute approximate surface area is 169 Å². The zero-order valence-corrected chi connectivity index (χ0v) is 19.0.